The molecule has 6 heteroatoms. The summed E-state index contributed by atoms with van der Waals surface area (Å²) in [5.74, 6) is 0. The number of aliphatic hydroxyl groups excluding tert-OH is 1. The Hall–Kier alpha value is -1.11. The van der Waals surface area contributed by atoms with E-state index in [2.05, 4.69) is 0 Å². The van der Waals surface area contributed by atoms with Crippen LogP contribution < -0.4 is 4.90 Å². The number of anilines is 1. The number of aliphatic hydroxyl groups is 1. The minimum Gasteiger partial charge on any atom is -0.394 e. The highest BCUT2D eigenvalue weighted by molar-refractivity contribution is 7.89. The Morgan fingerprint density at radius 2 is 1.68 bits per heavy atom. The highest BCUT2D eigenvalue weighted by Crippen LogP contribution is 2.30. The van der Waals surface area contributed by atoms with Gasteiger partial charge in [0, 0.05) is 21.1 Å². The molecule has 0 aliphatic heterocycles. The number of benzene rings is 1. The Morgan fingerprint density at radius 3 is 2.16 bits per heavy atom. The van der Waals surface area contributed by atoms with Crippen LogP contribution in [0.2, 0.25) is 0 Å². The summed E-state index contributed by atoms with van der Waals surface area (Å²) in [4.78, 5) is 2.02. The predicted molar refractivity (Wildman–Crippen MR) is 76.9 cm³/mol. The zero-order valence-electron chi connectivity index (χ0n) is 12.1. The fourth-order valence-corrected chi connectivity index (χ4v) is 2.69. The molecule has 0 fully saturated rings. The van der Waals surface area contributed by atoms with Gasteiger partial charge in [0.15, 0.2) is 0 Å². The molecular formula is C13H22N2O3S. The van der Waals surface area contributed by atoms with Gasteiger partial charge in [-0.3, -0.25) is 0 Å². The Labute approximate surface area is 115 Å². The number of hydrogen-bond donors (Lipinski definition) is 1. The van der Waals surface area contributed by atoms with Crippen molar-refractivity contribution >= 4 is 15.7 Å². The molecule has 0 heterocycles. The molecular weight excluding hydrogens is 264 g/mol. The summed E-state index contributed by atoms with van der Waals surface area (Å²) in [6.45, 7) is 3.64. The Morgan fingerprint density at radius 1 is 1.16 bits per heavy atom. The average Bonchev–Trinajstić information content (AvgIpc) is 2.37. The van der Waals surface area contributed by atoms with Crippen molar-refractivity contribution in [1.29, 1.82) is 0 Å². The van der Waals surface area contributed by atoms with E-state index in [1.807, 2.05) is 13.8 Å². The molecule has 0 radical (unpaired) electrons. The molecule has 0 aliphatic rings. The molecule has 0 amide bonds. The van der Waals surface area contributed by atoms with Crippen LogP contribution in [-0.2, 0) is 10.0 Å². The minimum absolute atomic E-state index is 0.0696. The number of para-hydroxylation sites is 1. The summed E-state index contributed by atoms with van der Waals surface area (Å²) in [5.41, 5.74) is 0.0352. The summed E-state index contributed by atoms with van der Waals surface area (Å²) in [5, 5.41) is 9.43. The molecule has 1 aromatic carbocycles. The van der Waals surface area contributed by atoms with Gasteiger partial charge < -0.3 is 10.0 Å². The average molecular weight is 286 g/mol. The molecule has 1 N–H and O–H groups in total. The smallest absolute Gasteiger partial charge is 0.244 e. The lowest BCUT2D eigenvalue weighted by Gasteiger charge is -2.37. The van der Waals surface area contributed by atoms with Crippen LogP contribution in [0, 0.1) is 0 Å². The molecule has 1 aromatic rings. The first-order valence-electron chi connectivity index (χ1n) is 6.01. The second-order valence-corrected chi connectivity index (χ2v) is 7.40. The highest BCUT2D eigenvalue weighted by atomic mass is 32.2. The van der Waals surface area contributed by atoms with Crippen LogP contribution in [0.5, 0.6) is 0 Å². The molecule has 0 atom stereocenters. The fraction of sp³-hybridized carbons (Fsp3) is 0.538. The third-order valence-corrected chi connectivity index (χ3v) is 5.14. The fourth-order valence-electron chi connectivity index (χ4n) is 1.58. The van der Waals surface area contributed by atoms with Gasteiger partial charge in [-0.1, -0.05) is 12.1 Å². The monoisotopic (exact) mass is 286 g/mol. The zero-order valence-corrected chi connectivity index (χ0v) is 12.9. The van der Waals surface area contributed by atoms with E-state index >= 15 is 0 Å². The van der Waals surface area contributed by atoms with Gasteiger partial charge >= 0.3 is 0 Å². The van der Waals surface area contributed by atoms with E-state index in [0.29, 0.717) is 5.69 Å². The third-order valence-electron chi connectivity index (χ3n) is 3.28. The molecule has 1 rings (SSSR count). The standard InChI is InChI=1S/C13H22N2O3S/c1-13(2,10-16)15(5)11-8-6-7-9-12(11)19(17,18)14(3)4/h6-9,16H,10H2,1-5H3. The largest absolute Gasteiger partial charge is 0.394 e. The maximum Gasteiger partial charge on any atom is 0.244 e. The van der Waals surface area contributed by atoms with Crippen LogP contribution in [0.1, 0.15) is 13.8 Å². The molecule has 0 saturated heterocycles. The Kier molecular flexibility index (Phi) is 4.60. The molecule has 19 heavy (non-hydrogen) atoms. The second-order valence-electron chi connectivity index (χ2n) is 5.28. The summed E-state index contributed by atoms with van der Waals surface area (Å²) in [7, 11) is 1.27. The number of likely N-dealkylation sites (N-methyl/N-ethyl adjacent to an activating group) is 1. The third kappa shape index (κ3) is 3.08. The molecule has 0 aliphatic carbocycles. The van der Waals surface area contributed by atoms with Crippen molar-refractivity contribution in [3.63, 3.8) is 0 Å². The molecule has 108 valence electrons. The van der Waals surface area contributed by atoms with E-state index in [-0.39, 0.29) is 11.5 Å². The van der Waals surface area contributed by atoms with Crippen LogP contribution in [0.4, 0.5) is 5.69 Å². The van der Waals surface area contributed by atoms with Gasteiger partial charge in [-0.25, -0.2) is 12.7 Å². The van der Waals surface area contributed by atoms with Gasteiger partial charge in [0.1, 0.15) is 4.90 Å². The lowest BCUT2D eigenvalue weighted by Crippen LogP contribution is -2.45. The van der Waals surface area contributed by atoms with E-state index in [1.54, 1.807) is 36.2 Å². The molecule has 0 aromatic heterocycles. The Balaban J connectivity index is 3.40. The quantitative estimate of drug-likeness (QED) is 0.882. The van der Waals surface area contributed by atoms with Gasteiger partial charge in [-0.15, -0.1) is 0 Å². The van der Waals surface area contributed by atoms with Crippen LogP contribution in [-0.4, -0.2) is 51.1 Å². The topological polar surface area (TPSA) is 60.9 Å². The highest BCUT2D eigenvalue weighted by Gasteiger charge is 2.29. The van der Waals surface area contributed by atoms with Gasteiger partial charge in [0.05, 0.1) is 17.8 Å². The molecule has 0 unspecified atom stereocenters. The van der Waals surface area contributed by atoms with Crippen molar-refractivity contribution in [2.24, 2.45) is 0 Å². The number of hydrogen-bond acceptors (Lipinski definition) is 4. The van der Waals surface area contributed by atoms with Crippen LogP contribution in [0.3, 0.4) is 0 Å². The van der Waals surface area contributed by atoms with E-state index < -0.39 is 15.6 Å². The SMILES string of the molecule is CN(c1ccccc1S(=O)(=O)N(C)C)C(C)(C)CO. The summed E-state index contributed by atoms with van der Waals surface area (Å²) in [6.07, 6.45) is 0. The molecule has 5 nitrogen and oxygen atoms in total. The summed E-state index contributed by atoms with van der Waals surface area (Å²) >= 11 is 0. The number of sulfonamides is 1. The summed E-state index contributed by atoms with van der Waals surface area (Å²) in [6, 6.07) is 6.80. The van der Waals surface area contributed by atoms with Crippen LogP contribution in [0.25, 0.3) is 0 Å². The minimum atomic E-state index is -3.51. The first-order chi connectivity index (χ1) is 8.64. The van der Waals surface area contributed by atoms with Crippen molar-refractivity contribution in [3.05, 3.63) is 24.3 Å². The zero-order chi connectivity index (χ0) is 14.8. The van der Waals surface area contributed by atoms with Crippen molar-refractivity contribution in [2.75, 3.05) is 32.6 Å². The number of rotatable bonds is 5. The van der Waals surface area contributed by atoms with E-state index in [9.17, 15) is 13.5 Å². The van der Waals surface area contributed by atoms with Gasteiger partial charge in [0.25, 0.3) is 0 Å². The van der Waals surface area contributed by atoms with Crippen molar-refractivity contribution < 1.29 is 13.5 Å². The maximum atomic E-state index is 12.3. The van der Waals surface area contributed by atoms with Crippen LogP contribution >= 0.6 is 0 Å². The van der Waals surface area contributed by atoms with Gasteiger partial charge in [0.2, 0.25) is 10.0 Å². The molecule has 0 bridgehead atoms. The maximum absolute atomic E-state index is 12.3. The van der Waals surface area contributed by atoms with Gasteiger partial charge in [-0.05, 0) is 26.0 Å². The van der Waals surface area contributed by atoms with Crippen molar-refractivity contribution in [2.45, 2.75) is 24.3 Å². The predicted octanol–water partition coefficient (Wildman–Crippen LogP) is 1.14. The van der Waals surface area contributed by atoms with Gasteiger partial charge in [-0.2, -0.15) is 0 Å². The van der Waals surface area contributed by atoms with Crippen molar-refractivity contribution in [3.8, 4) is 0 Å². The lowest BCUT2D eigenvalue weighted by molar-refractivity contribution is 0.216. The first kappa shape index (κ1) is 15.9. The van der Waals surface area contributed by atoms with E-state index in [4.69, 9.17) is 0 Å². The number of nitrogens with zero attached hydrogens (tertiary/aromatic N) is 2. The molecule has 0 saturated carbocycles. The van der Waals surface area contributed by atoms with Crippen molar-refractivity contribution in [1.82, 2.24) is 4.31 Å². The molecule has 0 spiro atoms. The lowest BCUT2D eigenvalue weighted by atomic mass is 10.0. The normalized spacial score (nSPS) is 12.8. The van der Waals surface area contributed by atoms with E-state index in [0.717, 1.165) is 0 Å². The van der Waals surface area contributed by atoms with Crippen LogP contribution in [0.15, 0.2) is 29.2 Å². The summed E-state index contributed by atoms with van der Waals surface area (Å²) < 4.78 is 25.8. The van der Waals surface area contributed by atoms with E-state index in [1.165, 1.54) is 18.4 Å². The Bertz CT molecular complexity index is 539. The first-order valence-corrected chi connectivity index (χ1v) is 7.45. The second kappa shape index (κ2) is 5.48.